The van der Waals surface area contributed by atoms with Crippen LogP contribution in [0.5, 0.6) is 0 Å². The molecular weight excluding hydrogens is 308 g/mol. The van der Waals surface area contributed by atoms with E-state index in [4.69, 9.17) is 16.0 Å². The molecule has 0 saturated heterocycles. The molecule has 0 spiro atoms. The molecule has 1 atom stereocenters. The molecule has 0 saturated carbocycles. The third kappa shape index (κ3) is 1.92. The third-order valence-corrected chi connectivity index (χ3v) is 5.32. The van der Waals surface area contributed by atoms with Crippen molar-refractivity contribution in [3.8, 4) is 0 Å². The number of benzene rings is 1. The fourth-order valence-corrected chi connectivity index (χ4v) is 4.12. The molecule has 2 aromatic rings. The number of amidine groups is 1. The van der Waals surface area contributed by atoms with Crippen LogP contribution in [0.25, 0.3) is 16.7 Å². The fraction of sp³-hybridized carbons (Fsp3) is 0.267. The Labute approximate surface area is 131 Å². The number of nitrogens with zero attached hydrogens (tertiary/aromatic N) is 2. The lowest BCUT2D eigenvalue weighted by Gasteiger charge is -2.18. The largest absolute Gasteiger partial charge is 0.464 e. The first-order chi connectivity index (χ1) is 10.2. The van der Waals surface area contributed by atoms with Crippen LogP contribution >= 0.6 is 23.4 Å². The molecule has 4 nitrogen and oxygen atoms in total. The highest BCUT2D eigenvalue weighted by atomic mass is 35.5. The minimum Gasteiger partial charge on any atom is -0.464 e. The summed E-state index contributed by atoms with van der Waals surface area (Å²) in [7, 11) is 0. The number of furan rings is 1. The van der Waals surface area contributed by atoms with Gasteiger partial charge in [0.1, 0.15) is 5.58 Å². The van der Waals surface area contributed by atoms with Crippen molar-refractivity contribution in [1.29, 1.82) is 0 Å². The van der Waals surface area contributed by atoms with Crippen molar-refractivity contribution < 1.29 is 9.52 Å². The Balaban J connectivity index is 1.97. The molecule has 21 heavy (non-hydrogen) atoms. The molecule has 0 fully saturated rings. The van der Waals surface area contributed by atoms with Crippen molar-refractivity contribution in [3.63, 3.8) is 0 Å². The molecule has 0 amide bonds. The Hall–Kier alpha value is -1.43. The molecule has 6 heteroatoms. The molecule has 3 heterocycles. The molecule has 1 aromatic carbocycles. The van der Waals surface area contributed by atoms with Crippen LogP contribution in [0.2, 0.25) is 5.02 Å². The minimum absolute atomic E-state index is 0.543. The standard InChI is InChI=1S/C15H13ClN2O2S/c1-8(19)14-12(18-6-5-17-15(18)21-14)10-2-3-11(16)9-4-7-20-13(9)10/h2-4,7-8,19H,5-6H2,1H3. The van der Waals surface area contributed by atoms with Crippen molar-refractivity contribution in [2.24, 2.45) is 4.99 Å². The van der Waals surface area contributed by atoms with E-state index in [0.29, 0.717) is 5.02 Å². The zero-order valence-corrected chi connectivity index (χ0v) is 12.9. The van der Waals surface area contributed by atoms with Crippen molar-refractivity contribution in [2.45, 2.75) is 13.0 Å². The van der Waals surface area contributed by atoms with Crippen molar-refractivity contribution in [1.82, 2.24) is 4.90 Å². The van der Waals surface area contributed by atoms with Crippen molar-refractivity contribution in [2.75, 3.05) is 13.1 Å². The minimum atomic E-state index is -0.543. The highest BCUT2D eigenvalue weighted by molar-refractivity contribution is 8.17. The average Bonchev–Trinajstić information content (AvgIpc) is 3.13. The van der Waals surface area contributed by atoms with Crippen LogP contribution < -0.4 is 0 Å². The first-order valence-electron chi connectivity index (χ1n) is 6.75. The number of aliphatic imine (C=N–C) groups is 1. The topological polar surface area (TPSA) is 49.0 Å². The van der Waals surface area contributed by atoms with Gasteiger partial charge in [-0.05, 0) is 25.1 Å². The monoisotopic (exact) mass is 320 g/mol. The summed E-state index contributed by atoms with van der Waals surface area (Å²) < 4.78 is 5.64. The molecule has 1 unspecified atom stereocenters. The maximum absolute atomic E-state index is 10.1. The summed E-state index contributed by atoms with van der Waals surface area (Å²) >= 11 is 7.76. The van der Waals surface area contributed by atoms with Crippen LogP contribution in [0.3, 0.4) is 0 Å². The fourth-order valence-electron chi connectivity index (χ4n) is 2.78. The van der Waals surface area contributed by atoms with E-state index in [2.05, 4.69) is 9.89 Å². The SMILES string of the molecule is CC(O)C1=C(c2ccc(Cl)c3ccoc23)N2CCN=C2S1. The first-order valence-corrected chi connectivity index (χ1v) is 7.94. The predicted molar refractivity (Wildman–Crippen MR) is 86.4 cm³/mol. The smallest absolute Gasteiger partial charge is 0.168 e. The first kappa shape index (κ1) is 13.2. The molecule has 0 radical (unpaired) electrons. The Kier molecular flexibility index (Phi) is 3.03. The van der Waals surface area contributed by atoms with E-state index < -0.39 is 6.10 Å². The maximum atomic E-state index is 10.1. The zero-order chi connectivity index (χ0) is 14.6. The van der Waals surface area contributed by atoms with Gasteiger partial charge < -0.3 is 14.4 Å². The van der Waals surface area contributed by atoms with Gasteiger partial charge in [-0.3, -0.25) is 4.99 Å². The number of rotatable bonds is 2. The quantitative estimate of drug-likeness (QED) is 0.919. The lowest BCUT2D eigenvalue weighted by molar-refractivity contribution is 0.240. The number of halogens is 1. The molecule has 108 valence electrons. The van der Waals surface area contributed by atoms with Crippen LogP contribution in [0.4, 0.5) is 0 Å². The second kappa shape index (κ2) is 4.80. The van der Waals surface area contributed by atoms with Gasteiger partial charge in [0.2, 0.25) is 0 Å². The number of hydrogen-bond donors (Lipinski definition) is 1. The van der Waals surface area contributed by atoms with Crippen LogP contribution in [0, 0.1) is 0 Å². The molecule has 1 N–H and O–H groups in total. The highest BCUT2D eigenvalue weighted by Crippen LogP contribution is 2.45. The van der Waals surface area contributed by atoms with E-state index in [0.717, 1.165) is 45.4 Å². The number of hydrogen-bond acceptors (Lipinski definition) is 5. The highest BCUT2D eigenvalue weighted by Gasteiger charge is 2.35. The van der Waals surface area contributed by atoms with Crippen LogP contribution in [-0.2, 0) is 0 Å². The average molecular weight is 321 g/mol. The van der Waals surface area contributed by atoms with Gasteiger partial charge in [0.05, 0.1) is 29.6 Å². The molecule has 4 rings (SSSR count). The Morgan fingerprint density at radius 1 is 1.43 bits per heavy atom. The Morgan fingerprint density at radius 2 is 2.29 bits per heavy atom. The van der Waals surface area contributed by atoms with Crippen molar-refractivity contribution in [3.05, 3.63) is 40.0 Å². The molecule has 0 bridgehead atoms. The second-order valence-electron chi connectivity index (χ2n) is 5.07. The van der Waals surface area contributed by atoms with Gasteiger partial charge in [-0.1, -0.05) is 23.4 Å². The summed E-state index contributed by atoms with van der Waals surface area (Å²) in [6, 6.07) is 5.69. The maximum Gasteiger partial charge on any atom is 0.168 e. The van der Waals surface area contributed by atoms with E-state index in [1.807, 2.05) is 18.2 Å². The molecule has 2 aliphatic rings. The van der Waals surface area contributed by atoms with Crippen molar-refractivity contribution >= 4 is 45.2 Å². The van der Waals surface area contributed by atoms with E-state index in [-0.39, 0.29) is 0 Å². The number of aliphatic hydroxyl groups is 1. The summed E-state index contributed by atoms with van der Waals surface area (Å²) in [5.41, 5.74) is 2.70. The lowest BCUT2D eigenvalue weighted by atomic mass is 10.1. The van der Waals surface area contributed by atoms with Crippen LogP contribution in [-0.4, -0.2) is 34.4 Å². The molecule has 0 aliphatic carbocycles. The third-order valence-electron chi connectivity index (χ3n) is 3.70. The van der Waals surface area contributed by atoms with Gasteiger partial charge in [0, 0.05) is 22.4 Å². The number of aliphatic hydroxyl groups excluding tert-OH is 1. The Morgan fingerprint density at radius 3 is 3.10 bits per heavy atom. The van der Waals surface area contributed by atoms with E-state index in [9.17, 15) is 5.11 Å². The van der Waals surface area contributed by atoms with Crippen LogP contribution in [0.15, 0.2) is 38.8 Å². The molecule has 1 aromatic heterocycles. The summed E-state index contributed by atoms with van der Waals surface area (Å²) in [6.07, 6.45) is 1.10. The lowest BCUT2D eigenvalue weighted by Crippen LogP contribution is -2.20. The van der Waals surface area contributed by atoms with E-state index in [1.165, 1.54) is 11.8 Å². The number of fused-ring (bicyclic) bond motifs is 2. The molecule has 2 aliphatic heterocycles. The summed E-state index contributed by atoms with van der Waals surface area (Å²) in [4.78, 5) is 7.55. The predicted octanol–water partition coefficient (Wildman–Crippen LogP) is 3.55. The van der Waals surface area contributed by atoms with Gasteiger partial charge in [-0.2, -0.15) is 0 Å². The normalized spacial score (nSPS) is 19.4. The zero-order valence-electron chi connectivity index (χ0n) is 11.3. The summed E-state index contributed by atoms with van der Waals surface area (Å²) in [5, 5.41) is 12.6. The Bertz CT molecular complexity index is 794. The van der Waals surface area contributed by atoms with Gasteiger partial charge in [-0.15, -0.1) is 0 Å². The van der Waals surface area contributed by atoms with E-state index in [1.54, 1.807) is 13.2 Å². The summed E-state index contributed by atoms with van der Waals surface area (Å²) in [6.45, 7) is 3.40. The van der Waals surface area contributed by atoms with Gasteiger partial charge in [0.15, 0.2) is 5.17 Å². The number of thioether (sulfide) groups is 1. The summed E-state index contributed by atoms with van der Waals surface area (Å²) in [5.74, 6) is 0. The van der Waals surface area contributed by atoms with Crippen LogP contribution in [0.1, 0.15) is 12.5 Å². The molecular formula is C15H13ClN2O2S. The second-order valence-corrected chi connectivity index (χ2v) is 6.48. The van der Waals surface area contributed by atoms with E-state index >= 15 is 0 Å². The van der Waals surface area contributed by atoms with Gasteiger partial charge >= 0.3 is 0 Å². The van der Waals surface area contributed by atoms with Gasteiger partial charge in [-0.25, -0.2) is 0 Å². The van der Waals surface area contributed by atoms with Gasteiger partial charge in [0.25, 0.3) is 0 Å².